The van der Waals surface area contributed by atoms with Crippen molar-refractivity contribution in [1.82, 2.24) is 4.37 Å². The second-order valence-electron chi connectivity index (χ2n) is 4.67. The number of hydrogen-bond donors (Lipinski definition) is 3. The Hall–Kier alpha value is -2.28. The van der Waals surface area contributed by atoms with Crippen LogP contribution in [0.5, 0.6) is 0 Å². The number of nitrogen functional groups attached to an aromatic ring is 1. The SMILES string of the molecule is CN(CCCNc1snc(N)c1C(N)=O)c1ccccc1. The summed E-state index contributed by atoms with van der Waals surface area (Å²) < 4.78 is 3.94. The number of benzene rings is 1. The summed E-state index contributed by atoms with van der Waals surface area (Å²) in [5, 5.41) is 3.81. The highest BCUT2D eigenvalue weighted by Crippen LogP contribution is 2.25. The normalized spacial score (nSPS) is 10.3. The second-order valence-corrected chi connectivity index (χ2v) is 5.45. The molecule has 0 aliphatic rings. The zero-order valence-electron chi connectivity index (χ0n) is 11.9. The number of hydrogen-bond acceptors (Lipinski definition) is 6. The molecule has 0 fully saturated rings. The smallest absolute Gasteiger partial charge is 0.255 e. The number of carbonyl (C=O) groups is 1. The van der Waals surface area contributed by atoms with Gasteiger partial charge in [-0.05, 0) is 30.1 Å². The summed E-state index contributed by atoms with van der Waals surface area (Å²) in [5.74, 6) is -0.360. The van der Waals surface area contributed by atoms with Gasteiger partial charge in [-0.2, -0.15) is 4.37 Å². The molecule has 0 bridgehead atoms. The van der Waals surface area contributed by atoms with E-state index in [1.54, 1.807) is 0 Å². The van der Waals surface area contributed by atoms with E-state index in [-0.39, 0.29) is 11.4 Å². The first-order valence-electron chi connectivity index (χ1n) is 6.64. The number of primary amides is 1. The van der Waals surface area contributed by atoms with Gasteiger partial charge >= 0.3 is 0 Å². The highest BCUT2D eigenvalue weighted by molar-refractivity contribution is 7.11. The molecule has 21 heavy (non-hydrogen) atoms. The molecular weight excluding hydrogens is 286 g/mol. The van der Waals surface area contributed by atoms with Crippen LogP contribution in [-0.4, -0.2) is 30.4 Å². The van der Waals surface area contributed by atoms with Gasteiger partial charge in [-0.15, -0.1) is 0 Å². The molecule has 0 atom stereocenters. The van der Waals surface area contributed by atoms with Crippen LogP contribution in [0.15, 0.2) is 30.3 Å². The van der Waals surface area contributed by atoms with Crippen LogP contribution >= 0.6 is 11.5 Å². The summed E-state index contributed by atoms with van der Waals surface area (Å²) in [5.41, 5.74) is 12.4. The molecular formula is C14H19N5OS. The molecule has 0 aliphatic heterocycles. The third kappa shape index (κ3) is 3.85. The Labute approximate surface area is 127 Å². The maximum Gasteiger partial charge on any atom is 0.255 e. The lowest BCUT2D eigenvalue weighted by atomic mass is 10.2. The number of carbonyl (C=O) groups excluding carboxylic acids is 1. The van der Waals surface area contributed by atoms with Gasteiger partial charge in [0.05, 0.1) is 0 Å². The maximum absolute atomic E-state index is 11.3. The van der Waals surface area contributed by atoms with Crippen molar-refractivity contribution in [2.75, 3.05) is 36.1 Å². The van der Waals surface area contributed by atoms with Crippen LogP contribution in [0, 0.1) is 0 Å². The van der Waals surface area contributed by atoms with Gasteiger partial charge in [-0.3, -0.25) is 4.79 Å². The fraction of sp³-hybridized carbons (Fsp3) is 0.286. The Morgan fingerprint density at radius 3 is 2.76 bits per heavy atom. The molecule has 2 rings (SSSR count). The molecule has 1 amide bonds. The molecule has 1 heterocycles. The van der Waals surface area contributed by atoms with Crippen LogP contribution in [-0.2, 0) is 0 Å². The maximum atomic E-state index is 11.3. The van der Waals surface area contributed by atoms with Gasteiger partial charge in [-0.25, -0.2) is 0 Å². The lowest BCUT2D eigenvalue weighted by Gasteiger charge is -2.19. The van der Waals surface area contributed by atoms with Gasteiger partial charge in [0.1, 0.15) is 10.6 Å². The van der Waals surface area contributed by atoms with E-state index in [1.807, 2.05) is 18.2 Å². The Balaban J connectivity index is 1.82. The topological polar surface area (TPSA) is 97.3 Å². The van der Waals surface area contributed by atoms with Crippen molar-refractivity contribution in [2.24, 2.45) is 5.73 Å². The number of nitrogens with zero attached hydrogens (tertiary/aromatic N) is 2. The van der Waals surface area contributed by atoms with E-state index >= 15 is 0 Å². The van der Waals surface area contributed by atoms with Crippen molar-refractivity contribution in [2.45, 2.75) is 6.42 Å². The number of amides is 1. The first-order chi connectivity index (χ1) is 10.1. The second kappa shape index (κ2) is 6.94. The summed E-state index contributed by atoms with van der Waals surface area (Å²) in [6.07, 6.45) is 0.918. The molecule has 112 valence electrons. The predicted octanol–water partition coefficient (Wildman–Crippen LogP) is 1.76. The quantitative estimate of drug-likeness (QED) is 0.677. The average molecular weight is 305 g/mol. The minimum Gasteiger partial charge on any atom is -0.382 e. The fourth-order valence-corrected chi connectivity index (χ4v) is 2.73. The summed E-state index contributed by atoms with van der Waals surface area (Å²) in [6, 6.07) is 10.2. The number of nitrogens with two attached hydrogens (primary N) is 2. The van der Waals surface area contributed by atoms with E-state index in [0.717, 1.165) is 31.0 Å². The van der Waals surface area contributed by atoms with Crippen molar-refractivity contribution >= 4 is 33.9 Å². The predicted molar refractivity (Wildman–Crippen MR) is 87.9 cm³/mol. The van der Waals surface area contributed by atoms with Gasteiger partial charge in [-0.1, -0.05) is 18.2 Å². The van der Waals surface area contributed by atoms with Gasteiger partial charge in [0.25, 0.3) is 5.91 Å². The molecule has 0 radical (unpaired) electrons. The van der Waals surface area contributed by atoms with E-state index in [4.69, 9.17) is 11.5 Å². The van der Waals surface area contributed by atoms with E-state index in [0.29, 0.717) is 5.00 Å². The molecule has 2 aromatic rings. The van der Waals surface area contributed by atoms with Crippen LogP contribution in [0.1, 0.15) is 16.8 Å². The molecule has 6 nitrogen and oxygen atoms in total. The molecule has 0 saturated carbocycles. The third-order valence-corrected chi connectivity index (χ3v) is 3.94. The van der Waals surface area contributed by atoms with Gasteiger partial charge < -0.3 is 21.7 Å². The van der Waals surface area contributed by atoms with Crippen LogP contribution < -0.4 is 21.7 Å². The number of rotatable bonds is 7. The Morgan fingerprint density at radius 1 is 1.38 bits per heavy atom. The van der Waals surface area contributed by atoms with Crippen LogP contribution in [0.2, 0.25) is 0 Å². The van der Waals surface area contributed by atoms with Crippen molar-refractivity contribution in [3.05, 3.63) is 35.9 Å². The third-order valence-electron chi connectivity index (χ3n) is 3.12. The number of para-hydroxylation sites is 1. The molecule has 0 spiro atoms. The van der Waals surface area contributed by atoms with Crippen LogP contribution in [0.3, 0.4) is 0 Å². The first-order valence-corrected chi connectivity index (χ1v) is 7.42. The monoisotopic (exact) mass is 305 g/mol. The molecule has 1 aromatic carbocycles. The van der Waals surface area contributed by atoms with E-state index in [2.05, 4.69) is 33.8 Å². The number of aromatic nitrogens is 1. The molecule has 0 saturated heterocycles. The molecule has 5 N–H and O–H groups in total. The van der Waals surface area contributed by atoms with Crippen molar-refractivity contribution < 1.29 is 4.79 Å². The summed E-state index contributed by atoms with van der Waals surface area (Å²) in [6.45, 7) is 1.62. The average Bonchev–Trinajstić information content (AvgIpc) is 2.85. The summed E-state index contributed by atoms with van der Waals surface area (Å²) in [7, 11) is 2.05. The molecule has 7 heteroatoms. The first kappa shape index (κ1) is 15.1. The minimum atomic E-state index is -0.551. The number of nitrogens with one attached hydrogen (secondary N) is 1. The van der Waals surface area contributed by atoms with Crippen LogP contribution in [0.4, 0.5) is 16.5 Å². The lowest BCUT2D eigenvalue weighted by Crippen LogP contribution is -2.21. The van der Waals surface area contributed by atoms with Crippen LogP contribution in [0.25, 0.3) is 0 Å². The molecule has 1 aromatic heterocycles. The largest absolute Gasteiger partial charge is 0.382 e. The zero-order chi connectivity index (χ0) is 15.2. The van der Waals surface area contributed by atoms with Gasteiger partial charge in [0.15, 0.2) is 5.82 Å². The Bertz CT molecular complexity index is 599. The minimum absolute atomic E-state index is 0.191. The Kier molecular flexibility index (Phi) is 4.99. The summed E-state index contributed by atoms with van der Waals surface area (Å²) in [4.78, 5) is 13.5. The van der Waals surface area contributed by atoms with Crippen molar-refractivity contribution in [3.8, 4) is 0 Å². The number of anilines is 3. The standard InChI is InChI=1S/C14H19N5OS/c1-19(10-6-3-2-4-7-10)9-5-8-17-14-11(13(16)20)12(15)18-21-14/h2-4,6-7,17H,5,8-9H2,1H3,(H2,15,18)(H2,16,20). The fourth-order valence-electron chi connectivity index (χ4n) is 1.99. The van der Waals surface area contributed by atoms with E-state index in [1.165, 1.54) is 5.69 Å². The highest BCUT2D eigenvalue weighted by atomic mass is 32.1. The van der Waals surface area contributed by atoms with E-state index < -0.39 is 5.91 Å². The Morgan fingerprint density at radius 2 is 2.10 bits per heavy atom. The highest BCUT2D eigenvalue weighted by Gasteiger charge is 2.16. The summed E-state index contributed by atoms with van der Waals surface area (Å²) >= 11 is 1.16. The van der Waals surface area contributed by atoms with Crippen molar-refractivity contribution in [1.29, 1.82) is 0 Å². The van der Waals surface area contributed by atoms with Crippen molar-refractivity contribution in [3.63, 3.8) is 0 Å². The molecule has 0 aliphatic carbocycles. The van der Waals surface area contributed by atoms with E-state index in [9.17, 15) is 4.79 Å². The van der Waals surface area contributed by atoms with Gasteiger partial charge in [0.2, 0.25) is 0 Å². The molecule has 0 unspecified atom stereocenters. The van der Waals surface area contributed by atoms with Gasteiger partial charge in [0, 0.05) is 25.8 Å². The lowest BCUT2D eigenvalue weighted by molar-refractivity contribution is 0.100. The zero-order valence-corrected chi connectivity index (χ0v) is 12.7.